The number of hydrogen-bond donors (Lipinski definition) is 3. The molecule has 0 saturated heterocycles. The fourth-order valence-electron chi connectivity index (χ4n) is 0.806. The van der Waals surface area contributed by atoms with Gasteiger partial charge in [0.25, 0.3) is 0 Å². The zero-order chi connectivity index (χ0) is 9.84. The highest BCUT2D eigenvalue weighted by Crippen LogP contribution is 2.22. The lowest BCUT2D eigenvalue weighted by molar-refractivity contribution is 0.287. The van der Waals surface area contributed by atoms with Gasteiger partial charge in [-0.1, -0.05) is 0 Å². The van der Waals surface area contributed by atoms with Gasteiger partial charge >= 0.3 is 7.32 Å². The first-order valence-electron chi connectivity index (χ1n) is 3.46. The van der Waals surface area contributed by atoms with Crippen LogP contribution in [0.5, 0.6) is 11.6 Å². The summed E-state index contributed by atoms with van der Waals surface area (Å²) in [5, 5.41) is 16.9. The van der Waals surface area contributed by atoms with Crippen molar-refractivity contribution in [2.24, 2.45) is 0 Å². The molecule has 0 aliphatic carbocycles. The van der Waals surface area contributed by atoms with Gasteiger partial charge in [0.2, 0.25) is 5.88 Å². The Morgan fingerprint density at radius 1 is 1.54 bits per heavy atom. The Bertz CT molecular complexity index is 294. The summed E-state index contributed by atoms with van der Waals surface area (Å²) in [7, 11) is -0.449. The van der Waals surface area contributed by atoms with Crippen LogP contribution in [0.25, 0.3) is 0 Å². The summed E-state index contributed by atoms with van der Waals surface area (Å²) in [4.78, 5) is 3.76. The highest BCUT2D eigenvalue weighted by Gasteiger charge is 2.12. The van der Waals surface area contributed by atoms with Crippen LogP contribution >= 0.6 is 0 Å². The molecule has 0 saturated carbocycles. The Labute approximate surface area is 75.1 Å². The zero-order valence-corrected chi connectivity index (χ0v) is 6.97. The lowest BCUT2D eigenvalue weighted by atomic mass is 10.2. The van der Waals surface area contributed by atoms with Gasteiger partial charge in [-0.15, -0.1) is 0 Å². The van der Waals surface area contributed by atoms with E-state index < -0.39 is 7.32 Å². The minimum absolute atomic E-state index is 0.160. The Morgan fingerprint density at radius 2 is 2.23 bits per heavy atom. The van der Waals surface area contributed by atoms with Crippen molar-refractivity contribution < 1.29 is 19.4 Å². The molecule has 0 radical (unpaired) electrons. The number of nitrogen functional groups attached to an aromatic ring is 1. The summed E-state index contributed by atoms with van der Waals surface area (Å²) in [6.07, 6.45) is 1.27. The largest absolute Gasteiger partial charge is 0.707 e. The standard InChI is InChI=1S/C6H9BN2O4/c1-12-6-5(8)2-4(3-9-6)13-7(10)11/h2-3,10-11H,8H2,1H3. The number of methoxy groups -OCH3 is 1. The second kappa shape index (κ2) is 3.97. The van der Waals surface area contributed by atoms with Gasteiger partial charge < -0.3 is 25.2 Å². The summed E-state index contributed by atoms with van der Waals surface area (Å²) >= 11 is 0. The van der Waals surface area contributed by atoms with E-state index in [4.69, 9.17) is 20.5 Å². The molecule has 0 spiro atoms. The van der Waals surface area contributed by atoms with Gasteiger partial charge in [0.05, 0.1) is 19.0 Å². The molecule has 0 bridgehead atoms. The first kappa shape index (κ1) is 9.62. The molecular formula is C6H9BN2O4. The van der Waals surface area contributed by atoms with Crippen LogP contribution in [-0.2, 0) is 0 Å². The Kier molecular flexibility index (Phi) is 2.94. The molecule has 1 aromatic heterocycles. The van der Waals surface area contributed by atoms with Gasteiger partial charge in [0.1, 0.15) is 5.75 Å². The lowest BCUT2D eigenvalue weighted by Crippen LogP contribution is -2.20. The van der Waals surface area contributed by atoms with Crippen molar-refractivity contribution in [2.45, 2.75) is 0 Å². The van der Waals surface area contributed by atoms with Crippen LogP contribution in [0, 0.1) is 0 Å². The predicted molar refractivity (Wildman–Crippen MR) is 46.0 cm³/mol. The second-order valence-corrected chi connectivity index (χ2v) is 2.21. The van der Waals surface area contributed by atoms with Crippen LogP contribution in [0.3, 0.4) is 0 Å². The second-order valence-electron chi connectivity index (χ2n) is 2.21. The maximum absolute atomic E-state index is 8.46. The monoisotopic (exact) mass is 184 g/mol. The van der Waals surface area contributed by atoms with Crippen molar-refractivity contribution in [3.8, 4) is 11.6 Å². The van der Waals surface area contributed by atoms with Crippen LogP contribution in [-0.4, -0.2) is 29.5 Å². The molecule has 1 heterocycles. The third kappa shape index (κ3) is 2.50. The normalized spacial score (nSPS) is 9.46. The molecule has 7 heteroatoms. The molecule has 13 heavy (non-hydrogen) atoms. The summed E-state index contributed by atoms with van der Waals surface area (Å²) < 4.78 is 9.30. The fourth-order valence-corrected chi connectivity index (χ4v) is 0.806. The van der Waals surface area contributed by atoms with Gasteiger partial charge in [0.15, 0.2) is 0 Å². The van der Waals surface area contributed by atoms with E-state index in [0.717, 1.165) is 0 Å². The van der Waals surface area contributed by atoms with Crippen LogP contribution in [0.2, 0.25) is 0 Å². The Balaban J connectivity index is 2.83. The highest BCUT2D eigenvalue weighted by atomic mass is 16.6. The molecule has 0 aromatic carbocycles. The van der Waals surface area contributed by atoms with Crippen molar-refractivity contribution in [2.75, 3.05) is 12.8 Å². The molecule has 4 N–H and O–H groups in total. The lowest BCUT2D eigenvalue weighted by Gasteiger charge is -2.06. The average molecular weight is 184 g/mol. The molecular weight excluding hydrogens is 175 g/mol. The zero-order valence-electron chi connectivity index (χ0n) is 6.97. The van der Waals surface area contributed by atoms with Gasteiger partial charge in [-0.2, -0.15) is 0 Å². The van der Waals surface area contributed by atoms with E-state index in [1.54, 1.807) is 0 Å². The predicted octanol–water partition coefficient (Wildman–Crippen LogP) is -0.979. The number of aromatic nitrogens is 1. The van der Waals surface area contributed by atoms with Crippen molar-refractivity contribution in [3.05, 3.63) is 12.3 Å². The van der Waals surface area contributed by atoms with Crippen molar-refractivity contribution in [3.63, 3.8) is 0 Å². The molecule has 0 atom stereocenters. The van der Waals surface area contributed by atoms with Crippen molar-refractivity contribution in [1.82, 2.24) is 4.98 Å². The van der Waals surface area contributed by atoms with E-state index in [1.807, 2.05) is 0 Å². The van der Waals surface area contributed by atoms with Gasteiger partial charge in [-0.3, -0.25) is 0 Å². The number of pyridine rings is 1. The fraction of sp³-hybridized carbons (Fsp3) is 0.167. The van der Waals surface area contributed by atoms with Crippen LogP contribution in [0.4, 0.5) is 5.69 Å². The van der Waals surface area contributed by atoms with Gasteiger partial charge in [0, 0.05) is 6.07 Å². The molecule has 1 aromatic rings. The quantitative estimate of drug-likeness (QED) is 0.522. The Hall–Kier alpha value is -1.47. The summed E-state index contributed by atoms with van der Waals surface area (Å²) in [5.41, 5.74) is 5.74. The van der Waals surface area contributed by atoms with Crippen LogP contribution in [0.1, 0.15) is 0 Å². The SMILES string of the molecule is COc1ncc(OB(O)O)cc1N. The van der Waals surface area contributed by atoms with E-state index in [0.29, 0.717) is 0 Å². The summed E-state index contributed by atoms with van der Waals surface area (Å²) in [6.45, 7) is 0. The minimum Gasteiger partial charge on any atom is -0.511 e. The Morgan fingerprint density at radius 3 is 2.69 bits per heavy atom. The van der Waals surface area contributed by atoms with E-state index in [2.05, 4.69) is 9.64 Å². The number of rotatable bonds is 3. The van der Waals surface area contributed by atoms with E-state index in [9.17, 15) is 0 Å². The number of anilines is 1. The highest BCUT2D eigenvalue weighted by molar-refractivity contribution is 6.33. The van der Waals surface area contributed by atoms with E-state index in [1.165, 1.54) is 19.4 Å². The van der Waals surface area contributed by atoms with Crippen molar-refractivity contribution >= 4 is 13.0 Å². The van der Waals surface area contributed by atoms with Gasteiger partial charge in [-0.25, -0.2) is 4.98 Å². The maximum atomic E-state index is 8.46. The molecule has 0 fully saturated rings. The van der Waals surface area contributed by atoms with E-state index >= 15 is 0 Å². The van der Waals surface area contributed by atoms with E-state index in [-0.39, 0.29) is 17.3 Å². The summed E-state index contributed by atoms with van der Waals surface area (Å²) in [6, 6.07) is 1.38. The number of ether oxygens (including phenoxy) is 1. The molecule has 0 aliphatic heterocycles. The maximum Gasteiger partial charge on any atom is 0.707 e. The molecule has 6 nitrogen and oxygen atoms in total. The molecule has 0 amide bonds. The third-order valence-electron chi connectivity index (χ3n) is 1.29. The van der Waals surface area contributed by atoms with Crippen molar-refractivity contribution in [1.29, 1.82) is 0 Å². The van der Waals surface area contributed by atoms with Gasteiger partial charge in [-0.05, 0) is 0 Å². The third-order valence-corrected chi connectivity index (χ3v) is 1.29. The minimum atomic E-state index is -1.88. The first-order valence-corrected chi connectivity index (χ1v) is 3.46. The number of hydrogen-bond acceptors (Lipinski definition) is 6. The number of nitrogens with two attached hydrogens (primary N) is 1. The molecule has 0 unspecified atom stereocenters. The molecule has 70 valence electrons. The first-order chi connectivity index (χ1) is 6.13. The topological polar surface area (TPSA) is 97.8 Å². The molecule has 0 aliphatic rings. The summed E-state index contributed by atoms with van der Waals surface area (Å²) in [5.74, 6) is 0.424. The smallest absolute Gasteiger partial charge is 0.511 e. The van der Waals surface area contributed by atoms with Crippen LogP contribution < -0.4 is 15.1 Å². The van der Waals surface area contributed by atoms with Crippen LogP contribution in [0.15, 0.2) is 12.3 Å². The molecule has 1 rings (SSSR count). The average Bonchev–Trinajstić information content (AvgIpc) is 2.03. The number of nitrogens with zero attached hydrogens (tertiary/aromatic N) is 1.